The summed E-state index contributed by atoms with van der Waals surface area (Å²) in [6, 6.07) is 4.81. The molecule has 1 atom stereocenters. The van der Waals surface area contributed by atoms with Crippen molar-refractivity contribution in [2.24, 2.45) is 5.92 Å². The minimum absolute atomic E-state index is 0.00606. The minimum atomic E-state index is -0.188. The number of morpholine rings is 1. The standard InChI is InChI=1S/C20H26FN3O3/c21-17-3-1-2-16-15(17)4-5-18(16)22-20(26)24-8-6-14(7-9-24)19(25)23-10-12-27-13-11-23/h1-3,14,18H,4-13H2,(H,22,26). The third-order valence-corrected chi connectivity index (χ3v) is 5.97. The highest BCUT2D eigenvalue weighted by Crippen LogP contribution is 2.33. The Kier molecular flexibility index (Phi) is 5.29. The molecule has 1 unspecified atom stereocenters. The van der Waals surface area contributed by atoms with Crippen molar-refractivity contribution in [3.05, 3.63) is 35.1 Å². The van der Waals surface area contributed by atoms with Crippen molar-refractivity contribution in [1.82, 2.24) is 15.1 Å². The summed E-state index contributed by atoms with van der Waals surface area (Å²) in [5, 5.41) is 3.05. The first-order chi connectivity index (χ1) is 13.1. The molecular formula is C20H26FN3O3. The first kappa shape index (κ1) is 18.2. The number of fused-ring (bicyclic) bond motifs is 1. The Labute approximate surface area is 158 Å². The Bertz CT molecular complexity index is 712. The monoisotopic (exact) mass is 375 g/mol. The minimum Gasteiger partial charge on any atom is -0.378 e. The smallest absolute Gasteiger partial charge is 0.317 e. The molecule has 6 nitrogen and oxygen atoms in total. The highest BCUT2D eigenvalue weighted by atomic mass is 19.1. The molecule has 0 radical (unpaired) electrons. The molecule has 7 heteroatoms. The van der Waals surface area contributed by atoms with Crippen LogP contribution in [-0.2, 0) is 16.0 Å². The van der Waals surface area contributed by atoms with Crippen LogP contribution in [0.1, 0.15) is 36.4 Å². The molecule has 4 rings (SSSR count). The van der Waals surface area contributed by atoms with Crippen LogP contribution in [0.4, 0.5) is 9.18 Å². The predicted octanol–water partition coefficient (Wildman–Crippen LogP) is 2.09. The van der Waals surface area contributed by atoms with Crippen LogP contribution in [0.15, 0.2) is 18.2 Å². The summed E-state index contributed by atoms with van der Waals surface area (Å²) in [5.74, 6) is -0.00121. The number of carbonyl (C=O) groups is 2. The molecule has 2 heterocycles. The van der Waals surface area contributed by atoms with Crippen LogP contribution in [0.3, 0.4) is 0 Å². The van der Waals surface area contributed by atoms with E-state index in [0.717, 1.165) is 17.5 Å². The summed E-state index contributed by atoms with van der Waals surface area (Å²) in [5.41, 5.74) is 1.61. The van der Waals surface area contributed by atoms with Gasteiger partial charge in [0.15, 0.2) is 0 Å². The maximum atomic E-state index is 13.9. The molecule has 1 aliphatic carbocycles. The zero-order valence-corrected chi connectivity index (χ0v) is 15.5. The SMILES string of the molecule is O=C(NC1CCc2c(F)cccc21)N1CCC(C(=O)N2CCOCC2)CC1. The van der Waals surface area contributed by atoms with Gasteiger partial charge in [0.1, 0.15) is 5.82 Å². The number of carbonyl (C=O) groups excluding carboxylic acids is 2. The van der Waals surface area contributed by atoms with Gasteiger partial charge in [-0.3, -0.25) is 4.79 Å². The molecule has 1 aromatic rings. The van der Waals surface area contributed by atoms with Gasteiger partial charge in [0.05, 0.1) is 19.3 Å². The average Bonchev–Trinajstić information content (AvgIpc) is 3.12. The summed E-state index contributed by atoms with van der Waals surface area (Å²) in [7, 11) is 0. The fourth-order valence-electron chi connectivity index (χ4n) is 4.37. The van der Waals surface area contributed by atoms with E-state index in [1.807, 2.05) is 11.0 Å². The summed E-state index contributed by atoms with van der Waals surface area (Å²) >= 11 is 0. The molecule has 3 amide bonds. The maximum absolute atomic E-state index is 13.9. The second-order valence-electron chi connectivity index (χ2n) is 7.55. The van der Waals surface area contributed by atoms with Gasteiger partial charge in [-0.2, -0.15) is 0 Å². The van der Waals surface area contributed by atoms with Crippen LogP contribution in [-0.4, -0.2) is 61.1 Å². The van der Waals surface area contributed by atoms with E-state index in [1.165, 1.54) is 6.07 Å². The van der Waals surface area contributed by atoms with Gasteiger partial charge in [-0.15, -0.1) is 0 Å². The Morgan fingerprint density at radius 2 is 1.78 bits per heavy atom. The van der Waals surface area contributed by atoms with Gasteiger partial charge in [-0.1, -0.05) is 12.1 Å². The molecule has 2 aliphatic heterocycles. The summed E-state index contributed by atoms with van der Waals surface area (Å²) < 4.78 is 19.2. The predicted molar refractivity (Wildman–Crippen MR) is 97.7 cm³/mol. The molecule has 1 aromatic carbocycles. The molecule has 0 aromatic heterocycles. The molecule has 0 bridgehead atoms. The summed E-state index contributed by atoms with van der Waals surface area (Å²) in [6.45, 7) is 3.70. The Morgan fingerprint density at radius 3 is 2.52 bits per heavy atom. The molecule has 1 N–H and O–H groups in total. The Morgan fingerprint density at radius 1 is 1.04 bits per heavy atom. The van der Waals surface area contributed by atoms with Gasteiger partial charge >= 0.3 is 6.03 Å². The number of nitrogens with zero attached hydrogens (tertiary/aromatic N) is 2. The van der Waals surface area contributed by atoms with Gasteiger partial charge < -0.3 is 19.9 Å². The lowest BCUT2D eigenvalue weighted by atomic mass is 9.95. The van der Waals surface area contributed by atoms with E-state index in [4.69, 9.17) is 4.74 Å². The van der Waals surface area contributed by atoms with Crippen LogP contribution in [0.25, 0.3) is 0 Å². The second kappa shape index (κ2) is 7.84. The number of hydrogen-bond acceptors (Lipinski definition) is 3. The molecule has 2 saturated heterocycles. The number of benzene rings is 1. The van der Waals surface area contributed by atoms with Gasteiger partial charge in [0, 0.05) is 32.1 Å². The van der Waals surface area contributed by atoms with Gasteiger partial charge in [0.2, 0.25) is 5.91 Å². The average molecular weight is 375 g/mol. The van der Waals surface area contributed by atoms with E-state index in [2.05, 4.69) is 5.32 Å². The number of likely N-dealkylation sites (tertiary alicyclic amines) is 1. The highest BCUT2D eigenvalue weighted by Gasteiger charge is 2.32. The number of urea groups is 1. The first-order valence-electron chi connectivity index (χ1n) is 9.83. The summed E-state index contributed by atoms with van der Waals surface area (Å²) in [4.78, 5) is 28.9. The molecule has 0 spiro atoms. The van der Waals surface area contributed by atoms with Crippen molar-refractivity contribution in [2.45, 2.75) is 31.7 Å². The largest absolute Gasteiger partial charge is 0.378 e. The third-order valence-electron chi connectivity index (χ3n) is 5.97. The number of rotatable bonds is 2. The van der Waals surface area contributed by atoms with Crippen LogP contribution >= 0.6 is 0 Å². The van der Waals surface area contributed by atoms with Gasteiger partial charge in [0.25, 0.3) is 0 Å². The number of amides is 3. The topological polar surface area (TPSA) is 61.9 Å². The quantitative estimate of drug-likeness (QED) is 0.861. The van der Waals surface area contributed by atoms with Crippen LogP contribution in [0.2, 0.25) is 0 Å². The van der Waals surface area contributed by atoms with Gasteiger partial charge in [-0.05, 0) is 42.9 Å². The van der Waals surface area contributed by atoms with E-state index in [9.17, 15) is 14.0 Å². The van der Waals surface area contributed by atoms with Crippen molar-refractivity contribution in [2.75, 3.05) is 39.4 Å². The van der Waals surface area contributed by atoms with Crippen molar-refractivity contribution in [3.8, 4) is 0 Å². The van der Waals surface area contributed by atoms with E-state index in [0.29, 0.717) is 58.7 Å². The number of hydrogen-bond donors (Lipinski definition) is 1. The third kappa shape index (κ3) is 3.78. The van der Waals surface area contributed by atoms with E-state index in [1.54, 1.807) is 11.0 Å². The van der Waals surface area contributed by atoms with Crippen LogP contribution in [0, 0.1) is 11.7 Å². The van der Waals surface area contributed by atoms with Gasteiger partial charge in [-0.25, -0.2) is 9.18 Å². The lowest BCUT2D eigenvalue weighted by molar-refractivity contribution is -0.141. The lowest BCUT2D eigenvalue weighted by Crippen LogP contribution is -2.49. The molecule has 0 saturated carbocycles. The van der Waals surface area contributed by atoms with Crippen molar-refractivity contribution < 1.29 is 18.7 Å². The highest BCUT2D eigenvalue weighted by molar-refractivity contribution is 5.80. The normalized spacial score (nSPS) is 23.2. The second-order valence-corrected chi connectivity index (χ2v) is 7.55. The van der Waals surface area contributed by atoms with E-state index >= 15 is 0 Å². The number of halogens is 1. The zero-order valence-electron chi connectivity index (χ0n) is 15.5. The molecule has 27 heavy (non-hydrogen) atoms. The van der Waals surface area contributed by atoms with Crippen LogP contribution < -0.4 is 5.32 Å². The van der Waals surface area contributed by atoms with Crippen molar-refractivity contribution in [1.29, 1.82) is 0 Å². The Hall–Kier alpha value is -2.15. The Balaban J connectivity index is 1.29. The molecular weight excluding hydrogens is 349 g/mol. The number of nitrogens with one attached hydrogen (secondary N) is 1. The summed E-state index contributed by atoms with van der Waals surface area (Å²) in [6.07, 6.45) is 2.77. The zero-order chi connectivity index (χ0) is 18.8. The molecule has 3 aliphatic rings. The van der Waals surface area contributed by atoms with Crippen molar-refractivity contribution >= 4 is 11.9 Å². The number of ether oxygens (including phenoxy) is 1. The molecule has 146 valence electrons. The first-order valence-corrected chi connectivity index (χ1v) is 9.83. The fraction of sp³-hybridized carbons (Fsp3) is 0.600. The fourth-order valence-corrected chi connectivity index (χ4v) is 4.37. The van der Waals surface area contributed by atoms with E-state index < -0.39 is 0 Å². The van der Waals surface area contributed by atoms with Crippen molar-refractivity contribution in [3.63, 3.8) is 0 Å². The lowest BCUT2D eigenvalue weighted by Gasteiger charge is -2.36. The molecule has 2 fully saturated rings. The van der Waals surface area contributed by atoms with E-state index in [-0.39, 0.29) is 29.7 Å². The maximum Gasteiger partial charge on any atom is 0.317 e. The van der Waals surface area contributed by atoms with Crippen LogP contribution in [0.5, 0.6) is 0 Å². The number of piperidine rings is 1.